The molecular weight excluding hydrogens is 376 g/mol. The molecule has 0 aromatic heterocycles. The number of hydrogen-bond donors (Lipinski definition) is 0. The normalized spacial score (nSPS) is 14.7. The molecule has 3 heteroatoms. The van der Waals surface area contributed by atoms with Crippen LogP contribution in [0.2, 0.25) is 0 Å². The Kier molecular flexibility index (Phi) is 15.3. The molecule has 0 bridgehead atoms. The first-order valence-electron chi connectivity index (χ1n) is 12.2. The van der Waals surface area contributed by atoms with E-state index in [9.17, 15) is 9.59 Å². The van der Waals surface area contributed by atoms with Gasteiger partial charge in [-0.25, -0.2) is 0 Å². The third kappa shape index (κ3) is 11.8. The zero-order chi connectivity index (χ0) is 21.3. The number of ketones is 2. The van der Waals surface area contributed by atoms with Crippen LogP contribution in [0.25, 0.3) is 0 Å². The zero-order valence-electron chi connectivity index (χ0n) is 19.3. The highest BCUT2D eigenvalue weighted by Gasteiger charge is 2.22. The minimum absolute atomic E-state index is 0.00317. The van der Waals surface area contributed by atoms with Gasteiger partial charge in [-0.3, -0.25) is 9.59 Å². The molecule has 1 aliphatic rings. The molecule has 1 aliphatic carbocycles. The minimum atomic E-state index is -0.00317. The summed E-state index contributed by atoms with van der Waals surface area (Å²) in [5.41, 5.74) is 1.22. The Hall–Kier alpha value is -0.830. The van der Waals surface area contributed by atoms with Crippen molar-refractivity contribution < 1.29 is 9.59 Å². The molecule has 0 amide bonds. The second-order valence-corrected chi connectivity index (χ2v) is 9.74. The first-order valence-corrected chi connectivity index (χ1v) is 13.2. The number of Topliss-reactive ketones (excluding diaryl/α,β-unsaturated/α-hetero) is 1. The van der Waals surface area contributed by atoms with Crippen LogP contribution in [0.5, 0.6) is 0 Å². The van der Waals surface area contributed by atoms with Gasteiger partial charge in [-0.05, 0) is 26.0 Å². The fourth-order valence-electron chi connectivity index (χ4n) is 3.77. The van der Waals surface area contributed by atoms with Crippen LogP contribution in [-0.2, 0) is 9.59 Å². The molecule has 0 saturated heterocycles. The summed E-state index contributed by atoms with van der Waals surface area (Å²) in [4.78, 5) is 24.7. The molecule has 0 atom stereocenters. The van der Waals surface area contributed by atoms with E-state index in [4.69, 9.17) is 0 Å². The number of carbonyl (C=O) groups excluding carboxylic acids is 2. The van der Waals surface area contributed by atoms with E-state index in [1.807, 2.05) is 0 Å². The Bertz CT molecular complexity index is 545. The molecular formula is C26H44O2S. The lowest BCUT2D eigenvalue weighted by atomic mass is 9.97. The lowest BCUT2D eigenvalue weighted by Gasteiger charge is -2.13. The fraction of sp³-hybridized carbons (Fsp3) is 0.769. The topological polar surface area (TPSA) is 34.1 Å². The Balaban J connectivity index is 1.86. The molecule has 0 aromatic carbocycles. The maximum Gasteiger partial charge on any atom is 0.195 e. The van der Waals surface area contributed by atoms with Gasteiger partial charge < -0.3 is 0 Å². The van der Waals surface area contributed by atoms with Crippen molar-refractivity contribution in [1.82, 2.24) is 0 Å². The number of allylic oxidation sites excluding steroid dienone is 4. The van der Waals surface area contributed by atoms with Crippen LogP contribution < -0.4 is 0 Å². The summed E-state index contributed by atoms with van der Waals surface area (Å²) in [6.07, 6.45) is 23.5. The molecule has 0 N–H and O–H groups in total. The van der Waals surface area contributed by atoms with Gasteiger partial charge in [-0.15, -0.1) is 11.8 Å². The van der Waals surface area contributed by atoms with Crippen LogP contribution in [-0.4, -0.2) is 17.3 Å². The van der Waals surface area contributed by atoms with E-state index in [0.717, 1.165) is 12.2 Å². The molecule has 1 rings (SSSR count). The second-order valence-electron chi connectivity index (χ2n) is 8.60. The van der Waals surface area contributed by atoms with Gasteiger partial charge >= 0.3 is 0 Å². The Morgan fingerprint density at radius 1 is 0.621 bits per heavy atom. The summed E-state index contributed by atoms with van der Waals surface area (Å²) < 4.78 is 0. The van der Waals surface area contributed by atoms with E-state index in [2.05, 4.69) is 6.92 Å². The summed E-state index contributed by atoms with van der Waals surface area (Å²) in [5, 5.41) is 0. The monoisotopic (exact) mass is 420 g/mol. The van der Waals surface area contributed by atoms with E-state index in [0.29, 0.717) is 16.1 Å². The van der Waals surface area contributed by atoms with Crippen molar-refractivity contribution in [3.8, 4) is 0 Å². The molecule has 0 heterocycles. The summed E-state index contributed by atoms with van der Waals surface area (Å²) in [6, 6.07) is 0. The summed E-state index contributed by atoms with van der Waals surface area (Å²) >= 11 is 1.56. The standard InChI is InChI=1S/C26H44O2S/c1-4-5-6-7-8-9-10-11-12-13-14-15-16-17-18-19-20-29-25-21-24(27)22(2)23(3)26(25)28/h21H,4-20H2,1-3H3. The molecule has 0 aliphatic heterocycles. The predicted octanol–water partition coefficient (Wildman–Crippen LogP) is 8.35. The van der Waals surface area contributed by atoms with Crippen molar-refractivity contribution in [1.29, 1.82) is 0 Å². The lowest BCUT2D eigenvalue weighted by molar-refractivity contribution is -0.115. The smallest absolute Gasteiger partial charge is 0.195 e. The van der Waals surface area contributed by atoms with E-state index in [-0.39, 0.29) is 11.6 Å². The predicted molar refractivity (Wildman–Crippen MR) is 128 cm³/mol. The van der Waals surface area contributed by atoms with Gasteiger partial charge in [-0.2, -0.15) is 0 Å². The first-order chi connectivity index (χ1) is 14.1. The zero-order valence-corrected chi connectivity index (χ0v) is 20.1. The van der Waals surface area contributed by atoms with Crippen molar-refractivity contribution >= 4 is 23.3 Å². The maximum absolute atomic E-state index is 12.2. The highest BCUT2D eigenvalue weighted by Crippen LogP contribution is 2.27. The van der Waals surface area contributed by atoms with Crippen molar-refractivity contribution in [3.63, 3.8) is 0 Å². The number of carbonyl (C=O) groups is 2. The van der Waals surface area contributed by atoms with E-state index in [1.165, 1.54) is 102 Å². The highest BCUT2D eigenvalue weighted by atomic mass is 32.2. The van der Waals surface area contributed by atoms with Gasteiger partial charge in [0.2, 0.25) is 0 Å². The van der Waals surface area contributed by atoms with Gasteiger partial charge in [0.1, 0.15) is 0 Å². The van der Waals surface area contributed by atoms with Crippen molar-refractivity contribution in [2.45, 2.75) is 124 Å². The minimum Gasteiger partial charge on any atom is -0.290 e. The van der Waals surface area contributed by atoms with Crippen LogP contribution in [0.1, 0.15) is 124 Å². The van der Waals surface area contributed by atoms with E-state index < -0.39 is 0 Å². The Morgan fingerprint density at radius 3 is 1.48 bits per heavy atom. The highest BCUT2D eigenvalue weighted by molar-refractivity contribution is 8.04. The third-order valence-electron chi connectivity index (χ3n) is 6.01. The average Bonchev–Trinajstić information content (AvgIpc) is 2.72. The van der Waals surface area contributed by atoms with E-state index >= 15 is 0 Å². The van der Waals surface area contributed by atoms with Crippen LogP contribution in [0.4, 0.5) is 0 Å². The van der Waals surface area contributed by atoms with Crippen LogP contribution in [0.15, 0.2) is 22.1 Å². The van der Waals surface area contributed by atoms with Gasteiger partial charge in [0.25, 0.3) is 0 Å². The Morgan fingerprint density at radius 2 is 1.03 bits per heavy atom. The molecule has 0 aromatic rings. The van der Waals surface area contributed by atoms with Crippen molar-refractivity contribution in [2.24, 2.45) is 0 Å². The number of thioether (sulfide) groups is 1. The number of hydrogen-bond acceptors (Lipinski definition) is 3. The van der Waals surface area contributed by atoms with Gasteiger partial charge in [0.05, 0.1) is 4.91 Å². The maximum atomic E-state index is 12.2. The molecule has 0 unspecified atom stereocenters. The molecule has 29 heavy (non-hydrogen) atoms. The SMILES string of the molecule is CCCCCCCCCCCCCCCCCCSC1=CC(=O)C(C)=C(C)C1=O. The lowest BCUT2D eigenvalue weighted by Crippen LogP contribution is -2.15. The van der Waals surface area contributed by atoms with Crippen molar-refractivity contribution in [3.05, 3.63) is 22.1 Å². The number of rotatable bonds is 18. The fourth-order valence-corrected chi connectivity index (χ4v) is 4.82. The van der Waals surface area contributed by atoms with Gasteiger partial charge in [0.15, 0.2) is 11.6 Å². The molecule has 0 fully saturated rings. The molecule has 2 nitrogen and oxygen atoms in total. The quantitative estimate of drug-likeness (QED) is 0.165. The van der Waals surface area contributed by atoms with Crippen molar-refractivity contribution in [2.75, 3.05) is 5.75 Å². The Labute approximate surface area is 184 Å². The van der Waals surface area contributed by atoms with Crippen LogP contribution in [0.3, 0.4) is 0 Å². The molecule has 166 valence electrons. The molecule has 0 spiro atoms. The van der Waals surface area contributed by atoms with Crippen LogP contribution >= 0.6 is 11.8 Å². The summed E-state index contributed by atoms with van der Waals surface area (Å²) in [6.45, 7) is 5.78. The summed E-state index contributed by atoms with van der Waals surface area (Å²) in [5.74, 6) is 0.982. The van der Waals surface area contributed by atoms with Crippen LogP contribution in [0, 0.1) is 0 Å². The first kappa shape index (κ1) is 26.2. The average molecular weight is 421 g/mol. The number of unbranched alkanes of at least 4 members (excludes halogenated alkanes) is 15. The third-order valence-corrected chi connectivity index (χ3v) is 7.12. The largest absolute Gasteiger partial charge is 0.290 e. The molecule has 0 saturated carbocycles. The van der Waals surface area contributed by atoms with Gasteiger partial charge in [0, 0.05) is 17.2 Å². The second kappa shape index (κ2) is 16.9. The van der Waals surface area contributed by atoms with E-state index in [1.54, 1.807) is 25.6 Å². The van der Waals surface area contributed by atoms with Gasteiger partial charge in [-0.1, -0.05) is 103 Å². The summed E-state index contributed by atoms with van der Waals surface area (Å²) in [7, 11) is 0. The molecule has 0 radical (unpaired) electrons.